The molecule has 0 spiro atoms. The number of thioether (sulfide) groups is 1. The zero-order valence-electron chi connectivity index (χ0n) is 10.6. The smallest absolute Gasteiger partial charge is 0.0312 e. The summed E-state index contributed by atoms with van der Waals surface area (Å²) in [6.45, 7) is 4.03. The first kappa shape index (κ1) is 13.1. The van der Waals surface area contributed by atoms with Gasteiger partial charge in [-0.25, -0.2) is 0 Å². The summed E-state index contributed by atoms with van der Waals surface area (Å²) in [5, 5.41) is 3.43. The first-order chi connectivity index (χ1) is 8.84. The minimum atomic E-state index is 0.891. The lowest BCUT2D eigenvalue weighted by Crippen LogP contribution is -2.16. The minimum absolute atomic E-state index is 0.891. The van der Waals surface area contributed by atoms with Crippen LogP contribution in [0, 0.1) is 6.92 Å². The Labute approximate surface area is 113 Å². The predicted octanol–water partition coefficient (Wildman–Crippen LogP) is 3.27. The molecule has 0 unspecified atom stereocenters. The molecule has 0 fully saturated rings. The predicted molar refractivity (Wildman–Crippen MR) is 77.8 cm³/mol. The van der Waals surface area contributed by atoms with Crippen LogP contribution in [0.1, 0.15) is 11.1 Å². The summed E-state index contributed by atoms with van der Waals surface area (Å²) in [5.41, 5.74) is 2.56. The number of hydrogen-bond acceptors (Lipinski definition) is 3. The third-order valence-electron chi connectivity index (χ3n) is 2.59. The van der Waals surface area contributed by atoms with Gasteiger partial charge in [-0.05, 0) is 30.7 Å². The molecule has 2 rings (SSSR count). The quantitative estimate of drug-likeness (QED) is 0.636. The van der Waals surface area contributed by atoms with Crippen LogP contribution in [0.4, 0.5) is 0 Å². The number of nitrogens with one attached hydrogen (secondary N) is 1. The molecule has 0 aliphatic carbocycles. The zero-order chi connectivity index (χ0) is 12.6. The van der Waals surface area contributed by atoms with Gasteiger partial charge in [-0.2, -0.15) is 0 Å². The molecular formula is C15H18N2S. The maximum atomic E-state index is 4.10. The van der Waals surface area contributed by atoms with Crippen LogP contribution < -0.4 is 5.32 Å². The molecule has 1 heterocycles. The summed E-state index contributed by atoms with van der Waals surface area (Å²) in [6.07, 6.45) is 3.71. The van der Waals surface area contributed by atoms with Crippen molar-refractivity contribution in [2.45, 2.75) is 18.4 Å². The molecule has 0 saturated heterocycles. The van der Waals surface area contributed by atoms with Crippen molar-refractivity contribution < 1.29 is 0 Å². The van der Waals surface area contributed by atoms with Gasteiger partial charge in [-0.3, -0.25) is 4.98 Å². The van der Waals surface area contributed by atoms with Gasteiger partial charge >= 0.3 is 0 Å². The van der Waals surface area contributed by atoms with Crippen molar-refractivity contribution in [1.29, 1.82) is 0 Å². The van der Waals surface area contributed by atoms with E-state index >= 15 is 0 Å². The van der Waals surface area contributed by atoms with E-state index in [1.54, 1.807) is 6.20 Å². The molecule has 0 aliphatic heterocycles. The molecule has 3 heteroatoms. The highest BCUT2D eigenvalue weighted by Gasteiger charge is 1.95. The van der Waals surface area contributed by atoms with Gasteiger partial charge in [-0.1, -0.05) is 23.8 Å². The van der Waals surface area contributed by atoms with Crippen LogP contribution in [0.25, 0.3) is 0 Å². The van der Waals surface area contributed by atoms with Crippen LogP contribution in [0.15, 0.2) is 53.7 Å². The Hall–Kier alpha value is -1.32. The van der Waals surface area contributed by atoms with Crippen LogP contribution in [-0.2, 0) is 6.54 Å². The molecule has 1 aromatic heterocycles. The van der Waals surface area contributed by atoms with E-state index in [1.165, 1.54) is 16.0 Å². The third kappa shape index (κ3) is 4.51. The molecule has 1 N–H and O–H groups in total. The molecule has 18 heavy (non-hydrogen) atoms. The standard InChI is InChI=1S/C15H18N2S/c1-13-4-2-6-15(10-13)18-9-8-17-12-14-5-3-7-16-11-14/h2-7,10-11,17H,8-9,12H2,1H3. The van der Waals surface area contributed by atoms with Gasteiger partial charge in [0.25, 0.3) is 0 Å². The van der Waals surface area contributed by atoms with E-state index in [4.69, 9.17) is 0 Å². The van der Waals surface area contributed by atoms with Gasteiger partial charge in [-0.15, -0.1) is 11.8 Å². The number of nitrogens with zero attached hydrogens (tertiary/aromatic N) is 1. The second kappa shape index (κ2) is 7.19. The number of aryl methyl sites for hydroxylation is 1. The van der Waals surface area contributed by atoms with Crippen molar-refractivity contribution >= 4 is 11.8 Å². The molecule has 0 amide bonds. The molecule has 2 aromatic rings. The van der Waals surface area contributed by atoms with Crippen LogP contribution in [0.2, 0.25) is 0 Å². The molecule has 2 nitrogen and oxygen atoms in total. The largest absolute Gasteiger partial charge is 0.312 e. The second-order valence-corrected chi connectivity index (χ2v) is 5.37. The summed E-state index contributed by atoms with van der Waals surface area (Å²) >= 11 is 1.89. The average molecular weight is 258 g/mol. The Morgan fingerprint density at radius 3 is 2.94 bits per heavy atom. The van der Waals surface area contributed by atoms with Gasteiger partial charge in [0.1, 0.15) is 0 Å². The molecule has 0 saturated carbocycles. The van der Waals surface area contributed by atoms with Gasteiger partial charge in [0.15, 0.2) is 0 Å². The Bertz CT molecular complexity index is 471. The Balaban J connectivity index is 1.65. The Kier molecular flexibility index (Phi) is 5.24. The monoisotopic (exact) mass is 258 g/mol. The van der Waals surface area contributed by atoms with E-state index < -0.39 is 0 Å². The topological polar surface area (TPSA) is 24.9 Å². The average Bonchev–Trinajstić information content (AvgIpc) is 2.40. The van der Waals surface area contributed by atoms with Crippen LogP contribution >= 0.6 is 11.8 Å². The Morgan fingerprint density at radius 1 is 1.22 bits per heavy atom. The maximum absolute atomic E-state index is 4.10. The lowest BCUT2D eigenvalue weighted by molar-refractivity contribution is 0.729. The van der Waals surface area contributed by atoms with Gasteiger partial charge in [0.2, 0.25) is 0 Å². The lowest BCUT2D eigenvalue weighted by Gasteiger charge is -2.05. The van der Waals surface area contributed by atoms with Crippen molar-refractivity contribution in [3.05, 3.63) is 59.9 Å². The highest BCUT2D eigenvalue weighted by Crippen LogP contribution is 2.17. The number of aromatic nitrogens is 1. The maximum Gasteiger partial charge on any atom is 0.0312 e. The summed E-state index contributed by atoms with van der Waals surface area (Å²) in [7, 11) is 0. The molecule has 94 valence electrons. The lowest BCUT2D eigenvalue weighted by atomic mass is 10.2. The van der Waals surface area contributed by atoms with E-state index in [9.17, 15) is 0 Å². The van der Waals surface area contributed by atoms with Gasteiger partial charge < -0.3 is 5.32 Å². The number of rotatable bonds is 6. The van der Waals surface area contributed by atoms with Crippen molar-refractivity contribution in [3.63, 3.8) is 0 Å². The van der Waals surface area contributed by atoms with Gasteiger partial charge in [0.05, 0.1) is 0 Å². The number of benzene rings is 1. The van der Waals surface area contributed by atoms with Crippen LogP contribution in [0.3, 0.4) is 0 Å². The third-order valence-corrected chi connectivity index (χ3v) is 3.58. The highest BCUT2D eigenvalue weighted by atomic mass is 32.2. The summed E-state index contributed by atoms with van der Waals surface area (Å²) in [5.74, 6) is 1.09. The van der Waals surface area contributed by atoms with Crippen LogP contribution in [0.5, 0.6) is 0 Å². The van der Waals surface area contributed by atoms with E-state index in [-0.39, 0.29) is 0 Å². The van der Waals surface area contributed by atoms with Crippen molar-refractivity contribution in [2.24, 2.45) is 0 Å². The summed E-state index contributed by atoms with van der Waals surface area (Å²) in [4.78, 5) is 5.44. The molecular weight excluding hydrogens is 240 g/mol. The normalized spacial score (nSPS) is 10.5. The second-order valence-electron chi connectivity index (χ2n) is 4.20. The van der Waals surface area contributed by atoms with E-state index in [0.29, 0.717) is 0 Å². The number of hydrogen-bond donors (Lipinski definition) is 1. The molecule has 1 aromatic carbocycles. The Morgan fingerprint density at radius 2 is 2.17 bits per heavy atom. The highest BCUT2D eigenvalue weighted by molar-refractivity contribution is 7.99. The molecule has 0 radical (unpaired) electrons. The van der Waals surface area contributed by atoms with E-state index in [1.807, 2.05) is 24.0 Å². The van der Waals surface area contributed by atoms with E-state index in [0.717, 1.165) is 18.8 Å². The van der Waals surface area contributed by atoms with Crippen LogP contribution in [-0.4, -0.2) is 17.3 Å². The molecule has 0 bridgehead atoms. The molecule has 0 aliphatic rings. The fourth-order valence-electron chi connectivity index (χ4n) is 1.68. The molecule has 0 atom stereocenters. The van der Waals surface area contributed by atoms with Crippen molar-refractivity contribution in [2.75, 3.05) is 12.3 Å². The number of pyridine rings is 1. The summed E-state index contributed by atoms with van der Waals surface area (Å²) < 4.78 is 0. The van der Waals surface area contributed by atoms with Crippen molar-refractivity contribution in [3.8, 4) is 0 Å². The first-order valence-electron chi connectivity index (χ1n) is 6.14. The summed E-state index contributed by atoms with van der Waals surface area (Å²) in [6, 6.07) is 12.7. The fourth-order valence-corrected chi connectivity index (χ4v) is 2.61. The SMILES string of the molecule is Cc1cccc(SCCNCc2cccnc2)c1. The minimum Gasteiger partial charge on any atom is -0.312 e. The fraction of sp³-hybridized carbons (Fsp3) is 0.267. The van der Waals surface area contributed by atoms with Crippen molar-refractivity contribution in [1.82, 2.24) is 10.3 Å². The van der Waals surface area contributed by atoms with Gasteiger partial charge in [0, 0.05) is 36.1 Å². The first-order valence-corrected chi connectivity index (χ1v) is 7.12. The zero-order valence-corrected chi connectivity index (χ0v) is 11.4. The van der Waals surface area contributed by atoms with E-state index in [2.05, 4.69) is 47.6 Å².